The van der Waals surface area contributed by atoms with E-state index in [1.807, 2.05) is 18.2 Å². The highest BCUT2D eigenvalue weighted by Gasteiger charge is 2.50. The van der Waals surface area contributed by atoms with Crippen LogP contribution < -0.4 is 9.47 Å². The molecule has 4 atom stereocenters. The van der Waals surface area contributed by atoms with Gasteiger partial charge in [0.2, 0.25) is 11.5 Å². The highest BCUT2D eigenvalue weighted by Crippen LogP contribution is 2.42. The van der Waals surface area contributed by atoms with Gasteiger partial charge in [-0.15, -0.1) is 0 Å². The van der Waals surface area contributed by atoms with E-state index in [9.17, 15) is 4.79 Å². The van der Waals surface area contributed by atoms with Gasteiger partial charge in [0.15, 0.2) is 11.5 Å². The first-order valence-electron chi connectivity index (χ1n) is 10.8. The zero-order valence-electron chi connectivity index (χ0n) is 16.9. The van der Waals surface area contributed by atoms with Crippen LogP contribution in [0, 0.1) is 11.8 Å². The summed E-state index contributed by atoms with van der Waals surface area (Å²) < 4.78 is 23.6. The Hall–Kier alpha value is -2.05. The van der Waals surface area contributed by atoms with Crippen molar-refractivity contribution in [2.75, 3.05) is 20.4 Å². The lowest BCUT2D eigenvalue weighted by Crippen LogP contribution is -2.58. The maximum atomic E-state index is 13.2. The molecule has 2 aliphatic heterocycles. The fraction of sp³-hybridized carbons (Fsp3) is 0.609. The summed E-state index contributed by atoms with van der Waals surface area (Å²) in [7, 11) is 1.59. The second kappa shape index (κ2) is 8.00. The van der Waals surface area contributed by atoms with Crippen molar-refractivity contribution in [3.05, 3.63) is 36.3 Å². The molecule has 0 aromatic heterocycles. The average molecular weight is 399 g/mol. The van der Waals surface area contributed by atoms with E-state index in [1.54, 1.807) is 13.2 Å². The Kier molecular flexibility index (Phi) is 5.22. The lowest BCUT2D eigenvalue weighted by Gasteiger charge is -2.49. The standard InChI is InChI=1S/C23H29NO5/c1-26-19-8-4-5-9-20(19)29-21-13-27-23-16(22(21)25)10-11-18-17(23)12-24(14-28-18)15-6-2-3-7-15/h4-5,8-9,13,15-18,23H,2-3,6-7,10-12,14H2,1H3. The normalized spacial score (nSPS) is 32.7. The number of rotatable bonds is 4. The molecule has 2 aliphatic carbocycles. The molecule has 1 aromatic carbocycles. The number of allylic oxidation sites excluding steroid dienone is 1. The third-order valence-electron chi connectivity index (χ3n) is 7.00. The van der Waals surface area contributed by atoms with Crippen LogP contribution in [0.5, 0.6) is 11.5 Å². The number of ketones is 1. The van der Waals surface area contributed by atoms with E-state index in [1.165, 1.54) is 31.9 Å². The first-order valence-corrected chi connectivity index (χ1v) is 10.8. The SMILES string of the molecule is COc1ccccc1OC1=COC2C(CCC3OCN(C4CCCC4)CC32)C1=O. The minimum Gasteiger partial charge on any atom is -0.493 e. The molecular formula is C23H29NO5. The Balaban J connectivity index is 1.32. The number of carbonyl (C=O) groups excluding carboxylic acids is 1. The first kappa shape index (κ1) is 18.9. The van der Waals surface area contributed by atoms with E-state index in [0.29, 0.717) is 17.5 Å². The Labute approximate surface area is 171 Å². The number of nitrogens with zero attached hydrogens (tertiary/aromatic N) is 1. The van der Waals surface area contributed by atoms with Crippen molar-refractivity contribution in [3.8, 4) is 11.5 Å². The summed E-state index contributed by atoms with van der Waals surface area (Å²) in [6, 6.07) is 7.96. The van der Waals surface area contributed by atoms with Crippen molar-refractivity contribution in [1.29, 1.82) is 0 Å². The van der Waals surface area contributed by atoms with Gasteiger partial charge in [-0.25, -0.2) is 0 Å². The van der Waals surface area contributed by atoms with Crippen LogP contribution in [0.4, 0.5) is 0 Å². The molecule has 2 saturated carbocycles. The van der Waals surface area contributed by atoms with Gasteiger partial charge in [-0.05, 0) is 37.8 Å². The van der Waals surface area contributed by atoms with Gasteiger partial charge in [-0.2, -0.15) is 0 Å². The largest absolute Gasteiger partial charge is 0.493 e. The predicted molar refractivity (Wildman–Crippen MR) is 107 cm³/mol. The monoisotopic (exact) mass is 399 g/mol. The van der Waals surface area contributed by atoms with Crippen molar-refractivity contribution in [3.63, 3.8) is 0 Å². The molecule has 6 nitrogen and oxygen atoms in total. The molecule has 0 amide bonds. The first-order chi connectivity index (χ1) is 14.2. The number of Topliss-reactive ketones (excluding diaryl/α,β-unsaturated/α-hetero) is 1. The topological polar surface area (TPSA) is 57.2 Å². The van der Waals surface area contributed by atoms with Gasteiger partial charge in [-0.1, -0.05) is 25.0 Å². The van der Waals surface area contributed by atoms with Crippen molar-refractivity contribution in [2.45, 2.75) is 56.8 Å². The second-order valence-corrected chi connectivity index (χ2v) is 8.59. The molecule has 156 valence electrons. The number of ether oxygens (including phenoxy) is 4. The highest BCUT2D eigenvalue weighted by molar-refractivity contribution is 5.96. The highest BCUT2D eigenvalue weighted by atomic mass is 16.5. The van der Waals surface area contributed by atoms with Crippen molar-refractivity contribution in [1.82, 2.24) is 4.90 Å². The minimum absolute atomic E-state index is 0.0311. The van der Waals surface area contributed by atoms with Gasteiger partial charge in [0.05, 0.1) is 25.9 Å². The van der Waals surface area contributed by atoms with Crippen LogP contribution in [0.1, 0.15) is 38.5 Å². The third kappa shape index (κ3) is 3.53. The number of hydrogen-bond donors (Lipinski definition) is 0. The molecular weight excluding hydrogens is 370 g/mol. The van der Waals surface area contributed by atoms with Crippen molar-refractivity contribution < 1.29 is 23.7 Å². The third-order valence-corrected chi connectivity index (χ3v) is 7.00. The molecule has 1 aromatic rings. The van der Waals surface area contributed by atoms with Crippen LogP contribution in [0.2, 0.25) is 0 Å². The molecule has 0 spiro atoms. The summed E-state index contributed by atoms with van der Waals surface area (Å²) in [5.74, 6) is 1.48. The molecule has 2 heterocycles. The molecule has 29 heavy (non-hydrogen) atoms. The van der Waals surface area contributed by atoms with Gasteiger partial charge >= 0.3 is 0 Å². The van der Waals surface area contributed by atoms with Crippen LogP contribution in [0.3, 0.4) is 0 Å². The molecule has 4 aliphatic rings. The second-order valence-electron chi connectivity index (χ2n) is 8.59. The fourth-order valence-electron chi connectivity index (χ4n) is 5.45. The predicted octanol–water partition coefficient (Wildman–Crippen LogP) is 3.51. The number of hydrogen-bond acceptors (Lipinski definition) is 6. The smallest absolute Gasteiger partial charge is 0.208 e. The molecule has 6 heteroatoms. The van der Waals surface area contributed by atoms with Crippen molar-refractivity contribution >= 4 is 5.78 Å². The van der Waals surface area contributed by atoms with Gasteiger partial charge in [0.25, 0.3) is 0 Å². The van der Waals surface area contributed by atoms with Crippen LogP contribution in [0.15, 0.2) is 36.3 Å². The summed E-state index contributed by atoms with van der Waals surface area (Å²) in [5, 5.41) is 0. The van der Waals surface area contributed by atoms with Gasteiger partial charge < -0.3 is 18.9 Å². The molecule has 0 N–H and O–H groups in total. The lowest BCUT2D eigenvalue weighted by atomic mass is 9.73. The molecule has 1 saturated heterocycles. The molecule has 3 fully saturated rings. The zero-order valence-corrected chi connectivity index (χ0v) is 16.9. The Bertz CT molecular complexity index is 787. The van der Waals surface area contributed by atoms with Crippen LogP contribution in [-0.4, -0.2) is 49.3 Å². The zero-order chi connectivity index (χ0) is 19.8. The van der Waals surface area contributed by atoms with Gasteiger partial charge in [-0.3, -0.25) is 9.69 Å². The number of methoxy groups -OCH3 is 1. The summed E-state index contributed by atoms with van der Waals surface area (Å²) in [6.07, 6.45) is 8.37. The quantitative estimate of drug-likeness (QED) is 0.772. The average Bonchev–Trinajstić information content (AvgIpc) is 3.30. The Morgan fingerprint density at radius 1 is 1.07 bits per heavy atom. The molecule has 4 unspecified atom stereocenters. The summed E-state index contributed by atoms with van der Waals surface area (Å²) in [4.78, 5) is 15.7. The van der Waals surface area contributed by atoms with E-state index in [-0.39, 0.29) is 35.6 Å². The Morgan fingerprint density at radius 2 is 1.86 bits per heavy atom. The summed E-state index contributed by atoms with van der Waals surface area (Å²) in [5.41, 5.74) is 0. The maximum Gasteiger partial charge on any atom is 0.208 e. The summed E-state index contributed by atoms with van der Waals surface area (Å²) >= 11 is 0. The number of benzene rings is 1. The van der Waals surface area contributed by atoms with E-state index >= 15 is 0 Å². The van der Waals surface area contributed by atoms with Gasteiger partial charge in [0, 0.05) is 18.5 Å². The molecule has 0 radical (unpaired) electrons. The fourth-order valence-corrected chi connectivity index (χ4v) is 5.45. The molecule has 5 rings (SSSR count). The maximum absolute atomic E-state index is 13.2. The number of carbonyl (C=O) groups is 1. The van der Waals surface area contributed by atoms with E-state index in [0.717, 1.165) is 26.1 Å². The lowest BCUT2D eigenvalue weighted by molar-refractivity contribution is -0.179. The van der Waals surface area contributed by atoms with Gasteiger partial charge in [0.1, 0.15) is 12.4 Å². The summed E-state index contributed by atoms with van der Waals surface area (Å²) in [6.45, 7) is 1.68. The number of fused-ring (bicyclic) bond motifs is 3. The van der Waals surface area contributed by atoms with Crippen LogP contribution in [-0.2, 0) is 14.3 Å². The van der Waals surface area contributed by atoms with Crippen molar-refractivity contribution in [2.24, 2.45) is 11.8 Å². The van der Waals surface area contributed by atoms with Crippen LogP contribution in [0.25, 0.3) is 0 Å². The molecule has 0 bridgehead atoms. The number of para-hydroxylation sites is 2. The van der Waals surface area contributed by atoms with E-state index < -0.39 is 0 Å². The Morgan fingerprint density at radius 3 is 2.66 bits per heavy atom. The van der Waals surface area contributed by atoms with E-state index in [2.05, 4.69) is 4.90 Å². The van der Waals surface area contributed by atoms with Crippen LogP contribution >= 0.6 is 0 Å². The minimum atomic E-state index is -0.168. The van der Waals surface area contributed by atoms with E-state index in [4.69, 9.17) is 18.9 Å².